The number of rotatable bonds is 3. The van der Waals surface area contributed by atoms with E-state index in [-0.39, 0.29) is 11.8 Å². The number of aromatic nitrogens is 3. The number of anilines is 1. The summed E-state index contributed by atoms with van der Waals surface area (Å²) in [5.74, 6) is 0.154. The second-order valence-electron chi connectivity index (χ2n) is 5.91. The fourth-order valence-electron chi connectivity index (χ4n) is 2.88. The number of hydrogen-bond donors (Lipinski definition) is 0. The normalized spacial score (nSPS) is 14.5. The summed E-state index contributed by atoms with van der Waals surface area (Å²) >= 11 is 5.93. The van der Waals surface area contributed by atoms with Gasteiger partial charge in [0, 0.05) is 54.8 Å². The lowest BCUT2D eigenvalue weighted by Gasteiger charge is -2.35. The third-order valence-electron chi connectivity index (χ3n) is 4.31. The minimum Gasteiger partial charge on any atom is -0.368 e. The summed E-state index contributed by atoms with van der Waals surface area (Å²) < 4.78 is 5.16. The summed E-state index contributed by atoms with van der Waals surface area (Å²) in [6, 6.07) is 11.2. The SMILES string of the molecule is O=C(c1nc(-c2ccncc2)no1)N1CCN(c2ccc(Cl)cc2)CC1. The molecule has 3 aromatic rings. The Balaban J connectivity index is 1.41. The second-order valence-corrected chi connectivity index (χ2v) is 6.35. The molecule has 1 aliphatic heterocycles. The summed E-state index contributed by atoms with van der Waals surface area (Å²) in [5, 5.41) is 4.60. The quantitative estimate of drug-likeness (QED) is 0.706. The predicted molar refractivity (Wildman–Crippen MR) is 97.1 cm³/mol. The molecule has 0 atom stereocenters. The summed E-state index contributed by atoms with van der Waals surface area (Å²) in [4.78, 5) is 24.7. The third kappa shape index (κ3) is 3.39. The zero-order valence-corrected chi connectivity index (χ0v) is 14.6. The summed E-state index contributed by atoms with van der Waals surface area (Å²) in [7, 11) is 0. The van der Waals surface area contributed by atoms with Gasteiger partial charge in [0.25, 0.3) is 0 Å². The van der Waals surface area contributed by atoms with Gasteiger partial charge in [-0.3, -0.25) is 9.78 Å². The van der Waals surface area contributed by atoms with Crippen molar-refractivity contribution in [3.05, 3.63) is 59.7 Å². The maximum Gasteiger partial charge on any atom is 0.316 e. The lowest BCUT2D eigenvalue weighted by molar-refractivity contribution is 0.0696. The Morgan fingerprint density at radius 1 is 1.00 bits per heavy atom. The first-order valence-corrected chi connectivity index (χ1v) is 8.62. The molecule has 132 valence electrons. The fraction of sp³-hybridized carbons (Fsp3) is 0.222. The zero-order chi connectivity index (χ0) is 17.9. The van der Waals surface area contributed by atoms with E-state index < -0.39 is 0 Å². The Bertz CT molecular complexity index is 889. The van der Waals surface area contributed by atoms with Gasteiger partial charge in [-0.05, 0) is 36.4 Å². The molecule has 0 unspecified atom stereocenters. The van der Waals surface area contributed by atoms with E-state index in [1.807, 2.05) is 24.3 Å². The van der Waals surface area contributed by atoms with Crippen LogP contribution in [-0.2, 0) is 0 Å². The van der Waals surface area contributed by atoms with Crippen molar-refractivity contribution in [2.75, 3.05) is 31.1 Å². The van der Waals surface area contributed by atoms with Crippen LogP contribution < -0.4 is 4.90 Å². The van der Waals surface area contributed by atoms with Gasteiger partial charge < -0.3 is 14.3 Å². The minimum absolute atomic E-state index is 0.0109. The number of piperazine rings is 1. The van der Waals surface area contributed by atoms with Crippen LogP contribution in [0, 0.1) is 0 Å². The van der Waals surface area contributed by atoms with Gasteiger partial charge in [0.05, 0.1) is 0 Å². The number of carbonyl (C=O) groups is 1. The zero-order valence-electron chi connectivity index (χ0n) is 13.9. The molecule has 3 heterocycles. The monoisotopic (exact) mass is 369 g/mol. The van der Waals surface area contributed by atoms with Gasteiger partial charge in [0.15, 0.2) is 0 Å². The van der Waals surface area contributed by atoms with E-state index in [2.05, 4.69) is 20.0 Å². The largest absolute Gasteiger partial charge is 0.368 e. The molecule has 0 N–H and O–H groups in total. The molecule has 1 saturated heterocycles. The highest BCUT2D eigenvalue weighted by molar-refractivity contribution is 6.30. The van der Waals surface area contributed by atoms with E-state index in [0.717, 1.165) is 24.3 Å². The van der Waals surface area contributed by atoms with Crippen molar-refractivity contribution >= 4 is 23.2 Å². The summed E-state index contributed by atoms with van der Waals surface area (Å²) in [5.41, 5.74) is 1.86. The minimum atomic E-state index is -0.242. The topological polar surface area (TPSA) is 75.4 Å². The van der Waals surface area contributed by atoms with Crippen molar-refractivity contribution in [2.24, 2.45) is 0 Å². The second kappa shape index (κ2) is 7.13. The maximum absolute atomic E-state index is 12.6. The van der Waals surface area contributed by atoms with Crippen molar-refractivity contribution in [1.29, 1.82) is 0 Å². The molecule has 1 aliphatic rings. The van der Waals surface area contributed by atoms with Gasteiger partial charge in [0.2, 0.25) is 5.82 Å². The Morgan fingerprint density at radius 2 is 1.69 bits per heavy atom. The summed E-state index contributed by atoms with van der Waals surface area (Å²) in [6.07, 6.45) is 3.28. The van der Waals surface area contributed by atoms with Crippen LogP contribution in [0.3, 0.4) is 0 Å². The van der Waals surface area contributed by atoms with E-state index in [1.54, 1.807) is 29.4 Å². The van der Waals surface area contributed by atoms with Crippen molar-refractivity contribution in [3.63, 3.8) is 0 Å². The van der Waals surface area contributed by atoms with Crippen molar-refractivity contribution in [1.82, 2.24) is 20.0 Å². The lowest BCUT2D eigenvalue weighted by atomic mass is 10.2. The molecule has 0 bridgehead atoms. The Kier molecular flexibility index (Phi) is 4.53. The van der Waals surface area contributed by atoms with E-state index in [1.165, 1.54) is 0 Å². The molecular weight excluding hydrogens is 354 g/mol. The average Bonchev–Trinajstić information content (AvgIpc) is 3.19. The number of pyridine rings is 1. The molecule has 26 heavy (non-hydrogen) atoms. The fourth-order valence-corrected chi connectivity index (χ4v) is 3.01. The van der Waals surface area contributed by atoms with Gasteiger partial charge in [-0.15, -0.1) is 0 Å². The first-order chi connectivity index (χ1) is 12.7. The Labute approximate surface area is 155 Å². The lowest BCUT2D eigenvalue weighted by Crippen LogP contribution is -2.48. The molecule has 1 amide bonds. The van der Waals surface area contributed by atoms with Crippen molar-refractivity contribution in [3.8, 4) is 11.4 Å². The first kappa shape index (κ1) is 16.5. The van der Waals surface area contributed by atoms with E-state index >= 15 is 0 Å². The molecule has 0 aliphatic carbocycles. The van der Waals surface area contributed by atoms with Crippen LogP contribution in [0.5, 0.6) is 0 Å². The summed E-state index contributed by atoms with van der Waals surface area (Å²) in [6.45, 7) is 2.65. The Hall–Kier alpha value is -2.93. The van der Waals surface area contributed by atoms with Gasteiger partial charge >= 0.3 is 11.8 Å². The predicted octanol–water partition coefficient (Wildman–Crippen LogP) is 2.75. The number of benzene rings is 1. The number of hydrogen-bond acceptors (Lipinski definition) is 6. The highest BCUT2D eigenvalue weighted by atomic mass is 35.5. The van der Waals surface area contributed by atoms with Crippen LogP contribution in [0.4, 0.5) is 5.69 Å². The van der Waals surface area contributed by atoms with Gasteiger partial charge in [-0.2, -0.15) is 4.98 Å². The van der Waals surface area contributed by atoms with E-state index in [9.17, 15) is 4.79 Å². The highest BCUT2D eigenvalue weighted by Crippen LogP contribution is 2.20. The Morgan fingerprint density at radius 3 is 2.38 bits per heavy atom. The van der Waals surface area contributed by atoms with Gasteiger partial charge in [-0.1, -0.05) is 16.8 Å². The van der Waals surface area contributed by atoms with Crippen LogP contribution in [0.25, 0.3) is 11.4 Å². The van der Waals surface area contributed by atoms with Crippen LogP contribution in [-0.4, -0.2) is 52.1 Å². The average molecular weight is 370 g/mol. The molecule has 0 radical (unpaired) electrons. The molecular formula is C18H16ClN5O2. The standard InChI is InChI=1S/C18H16ClN5O2/c19-14-1-3-15(4-2-14)23-9-11-24(12-10-23)18(25)17-21-16(22-26-17)13-5-7-20-8-6-13/h1-8H,9-12H2. The molecule has 2 aromatic heterocycles. The molecule has 1 fully saturated rings. The van der Waals surface area contributed by atoms with Crippen LogP contribution in [0.1, 0.15) is 10.7 Å². The number of amides is 1. The van der Waals surface area contributed by atoms with E-state index in [0.29, 0.717) is 23.9 Å². The molecule has 0 spiro atoms. The number of carbonyl (C=O) groups excluding carboxylic acids is 1. The molecule has 7 nitrogen and oxygen atoms in total. The van der Waals surface area contributed by atoms with Crippen molar-refractivity contribution in [2.45, 2.75) is 0 Å². The van der Waals surface area contributed by atoms with Gasteiger partial charge in [-0.25, -0.2) is 0 Å². The molecule has 0 saturated carbocycles. The van der Waals surface area contributed by atoms with Crippen LogP contribution >= 0.6 is 11.6 Å². The van der Waals surface area contributed by atoms with Gasteiger partial charge in [0.1, 0.15) is 0 Å². The van der Waals surface area contributed by atoms with Crippen LogP contribution in [0.15, 0.2) is 53.3 Å². The smallest absolute Gasteiger partial charge is 0.316 e. The molecule has 1 aromatic carbocycles. The molecule has 8 heteroatoms. The molecule has 4 rings (SSSR count). The first-order valence-electron chi connectivity index (χ1n) is 8.24. The highest BCUT2D eigenvalue weighted by Gasteiger charge is 2.26. The maximum atomic E-state index is 12.6. The van der Waals surface area contributed by atoms with E-state index in [4.69, 9.17) is 16.1 Å². The van der Waals surface area contributed by atoms with Crippen LogP contribution in [0.2, 0.25) is 5.02 Å². The number of halogens is 1. The van der Waals surface area contributed by atoms with Crippen molar-refractivity contribution < 1.29 is 9.32 Å². The number of nitrogens with zero attached hydrogens (tertiary/aromatic N) is 5. The third-order valence-corrected chi connectivity index (χ3v) is 4.56.